The lowest BCUT2D eigenvalue weighted by molar-refractivity contribution is 0.0991. The minimum Gasteiger partial charge on any atom is -0.382 e. The second kappa shape index (κ2) is 9.47. The van der Waals surface area contributed by atoms with Gasteiger partial charge >= 0.3 is 0 Å². The summed E-state index contributed by atoms with van der Waals surface area (Å²) in [5.74, 6) is 0. The van der Waals surface area contributed by atoms with Crippen LogP contribution in [0.5, 0.6) is 0 Å². The molecule has 0 rings (SSSR count). The number of hydrogen-bond donors (Lipinski definition) is 1. The number of methoxy groups -OCH3 is 1. The van der Waals surface area contributed by atoms with Gasteiger partial charge in [0.1, 0.15) is 0 Å². The summed E-state index contributed by atoms with van der Waals surface area (Å²) in [6.45, 7) is 7.63. The zero-order valence-electron chi connectivity index (χ0n) is 10.3. The molecule has 0 aliphatic carbocycles. The van der Waals surface area contributed by atoms with E-state index in [0.717, 1.165) is 13.0 Å². The molecule has 0 aromatic heterocycles. The fraction of sp³-hybridized carbons (Fsp3) is 1.00. The van der Waals surface area contributed by atoms with Crippen LogP contribution in [0.2, 0.25) is 0 Å². The normalized spacial score (nSPS) is 15.4. The average molecular weight is 201 g/mol. The summed E-state index contributed by atoms with van der Waals surface area (Å²) in [6.07, 6.45) is 6.79. The zero-order chi connectivity index (χ0) is 10.8. The minimum absolute atomic E-state index is 0.376. The van der Waals surface area contributed by atoms with Crippen LogP contribution in [0.4, 0.5) is 0 Å². The Hall–Kier alpha value is -0.0800. The Bertz CT molecular complexity index is 117. The van der Waals surface area contributed by atoms with Gasteiger partial charge in [-0.05, 0) is 26.3 Å². The third-order valence-electron chi connectivity index (χ3n) is 2.67. The Morgan fingerprint density at radius 3 is 2.43 bits per heavy atom. The lowest BCUT2D eigenvalue weighted by Crippen LogP contribution is -2.32. The summed E-state index contributed by atoms with van der Waals surface area (Å²) in [5, 5.41) is 3.53. The molecule has 0 bridgehead atoms. The van der Waals surface area contributed by atoms with E-state index in [1.807, 2.05) is 0 Å². The molecule has 0 spiro atoms. The van der Waals surface area contributed by atoms with Gasteiger partial charge in [-0.15, -0.1) is 0 Å². The Morgan fingerprint density at radius 2 is 1.93 bits per heavy atom. The van der Waals surface area contributed by atoms with Crippen LogP contribution in [0, 0.1) is 0 Å². The molecule has 0 aliphatic rings. The molecule has 2 heteroatoms. The van der Waals surface area contributed by atoms with Gasteiger partial charge in [-0.2, -0.15) is 0 Å². The van der Waals surface area contributed by atoms with Crippen molar-refractivity contribution < 1.29 is 4.74 Å². The first-order chi connectivity index (χ1) is 6.74. The highest BCUT2D eigenvalue weighted by atomic mass is 16.5. The lowest BCUT2D eigenvalue weighted by Gasteiger charge is -2.20. The average Bonchev–Trinajstić information content (AvgIpc) is 2.18. The molecule has 0 saturated heterocycles. The van der Waals surface area contributed by atoms with Gasteiger partial charge in [-0.3, -0.25) is 0 Å². The third-order valence-corrected chi connectivity index (χ3v) is 2.67. The van der Waals surface area contributed by atoms with Crippen molar-refractivity contribution in [2.24, 2.45) is 0 Å². The molecule has 1 N–H and O–H groups in total. The standard InChI is InChI=1S/C12H27NO/c1-5-7-8-9-12(13-6-2)10-11(3)14-4/h11-13H,5-10H2,1-4H3. The van der Waals surface area contributed by atoms with Gasteiger partial charge in [0.05, 0.1) is 6.10 Å². The molecular weight excluding hydrogens is 174 g/mol. The van der Waals surface area contributed by atoms with Crippen molar-refractivity contribution in [1.29, 1.82) is 0 Å². The maximum atomic E-state index is 5.29. The van der Waals surface area contributed by atoms with E-state index in [1.165, 1.54) is 25.7 Å². The van der Waals surface area contributed by atoms with Crippen LogP contribution in [0.25, 0.3) is 0 Å². The Labute approximate surface area is 89.4 Å². The van der Waals surface area contributed by atoms with Gasteiger partial charge in [0.2, 0.25) is 0 Å². The number of hydrogen-bond acceptors (Lipinski definition) is 2. The topological polar surface area (TPSA) is 21.3 Å². The predicted octanol–water partition coefficient (Wildman–Crippen LogP) is 2.97. The summed E-state index contributed by atoms with van der Waals surface area (Å²) in [6, 6.07) is 0.640. The molecule has 0 saturated carbocycles. The summed E-state index contributed by atoms with van der Waals surface area (Å²) in [5.41, 5.74) is 0. The summed E-state index contributed by atoms with van der Waals surface area (Å²) >= 11 is 0. The van der Waals surface area contributed by atoms with Crippen molar-refractivity contribution >= 4 is 0 Å². The van der Waals surface area contributed by atoms with Crippen molar-refractivity contribution in [3.63, 3.8) is 0 Å². The molecule has 0 aromatic rings. The molecule has 2 atom stereocenters. The predicted molar refractivity (Wildman–Crippen MR) is 62.7 cm³/mol. The molecule has 0 aromatic carbocycles. The maximum Gasteiger partial charge on any atom is 0.0558 e. The quantitative estimate of drug-likeness (QED) is 0.579. The van der Waals surface area contributed by atoms with E-state index < -0.39 is 0 Å². The fourth-order valence-corrected chi connectivity index (χ4v) is 1.73. The van der Waals surface area contributed by atoms with Gasteiger partial charge in [-0.1, -0.05) is 33.1 Å². The van der Waals surface area contributed by atoms with Crippen molar-refractivity contribution in [1.82, 2.24) is 5.32 Å². The molecular formula is C12H27NO. The molecule has 0 amide bonds. The molecule has 0 fully saturated rings. The Balaban J connectivity index is 3.65. The van der Waals surface area contributed by atoms with Gasteiger partial charge in [0.25, 0.3) is 0 Å². The Kier molecular flexibility index (Phi) is 9.42. The number of rotatable bonds is 9. The summed E-state index contributed by atoms with van der Waals surface area (Å²) in [7, 11) is 1.79. The lowest BCUT2D eigenvalue weighted by atomic mass is 10.0. The van der Waals surface area contributed by atoms with E-state index in [1.54, 1.807) is 7.11 Å². The molecule has 14 heavy (non-hydrogen) atoms. The number of unbranched alkanes of at least 4 members (excludes halogenated alkanes) is 2. The minimum atomic E-state index is 0.376. The van der Waals surface area contributed by atoms with Gasteiger partial charge in [0, 0.05) is 13.2 Å². The van der Waals surface area contributed by atoms with Gasteiger partial charge in [0.15, 0.2) is 0 Å². The molecule has 0 radical (unpaired) electrons. The van der Waals surface area contributed by atoms with E-state index in [4.69, 9.17) is 4.74 Å². The number of ether oxygens (including phenoxy) is 1. The molecule has 2 unspecified atom stereocenters. The molecule has 86 valence electrons. The smallest absolute Gasteiger partial charge is 0.0558 e. The molecule has 0 heterocycles. The van der Waals surface area contributed by atoms with Crippen LogP contribution in [0.15, 0.2) is 0 Å². The van der Waals surface area contributed by atoms with Crippen LogP contribution in [0.1, 0.15) is 52.9 Å². The Morgan fingerprint density at radius 1 is 1.21 bits per heavy atom. The molecule has 2 nitrogen and oxygen atoms in total. The first kappa shape index (κ1) is 13.9. The van der Waals surface area contributed by atoms with Crippen LogP contribution in [-0.2, 0) is 4.74 Å². The van der Waals surface area contributed by atoms with Crippen molar-refractivity contribution in [3.8, 4) is 0 Å². The van der Waals surface area contributed by atoms with Gasteiger partial charge in [-0.25, -0.2) is 0 Å². The van der Waals surface area contributed by atoms with E-state index in [2.05, 4.69) is 26.1 Å². The highest BCUT2D eigenvalue weighted by Gasteiger charge is 2.10. The van der Waals surface area contributed by atoms with E-state index in [0.29, 0.717) is 12.1 Å². The second-order valence-corrected chi connectivity index (χ2v) is 4.03. The highest BCUT2D eigenvalue weighted by molar-refractivity contribution is 4.69. The van der Waals surface area contributed by atoms with Crippen LogP contribution in [-0.4, -0.2) is 25.8 Å². The van der Waals surface area contributed by atoms with E-state index in [9.17, 15) is 0 Å². The zero-order valence-corrected chi connectivity index (χ0v) is 10.3. The van der Waals surface area contributed by atoms with Crippen LogP contribution < -0.4 is 5.32 Å². The fourth-order valence-electron chi connectivity index (χ4n) is 1.73. The van der Waals surface area contributed by atoms with Crippen LogP contribution in [0.3, 0.4) is 0 Å². The van der Waals surface area contributed by atoms with Crippen molar-refractivity contribution in [2.75, 3.05) is 13.7 Å². The maximum absolute atomic E-state index is 5.29. The van der Waals surface area contributed by atoms with Gasteiger partial charge < -0.3 is 10.1 Å². The second-order valence-electron chi connectivity index (χ2n) is 4.03. The molecule has 0 aliphatic heterocycles. The van der Waals surface area contributed by atoms with Crippen molar-refractivity contribution in [2.45, 2.75) is 65.0 Å². The number of nitrogens with one attached hydrogen (secondary N) is 1. The largest absolute Gasteiger partial charge is 0.382 e. The first-order valence-corrected chi connectivity index (χ1v) is 6.00. The van der Waals surface area contributed by atoms with Crippen molar-refractivity contribution in [3.05, 3.63) is 0 Å². The van der Waals surface area contributed by atoms with E-state index in [-0.39, 0.29) is 0 Å². The summed E-state index contributed by atoms with van der Waals surface area (Å²) < 4.78 is 5.29. The first-order valence-electron chi connectivity index (χ1n) is 6.00. The highest BCUT2D eigenvalue weighted by Crippen LogP contribution is 2.09. The monoisotopic (exact) mass is 201 g/mol. The van der Waals surface area contributed by atoms with Crippen LogP contribution >= 0.6 is 0 Å². The summed E-state index contributed by atoms with van der Waals surface area (Å²) in [4.78, 5) is 0. The SMILES string of the molecule is CCCCCC(CC(C)OC)NCC. The van der Waals surface area contributed by atoms with E-state index >= 15 is 0 Å². The third kappa shape index (κ3) is 7.34.